The van der Waals surface area contributed by atoms with E-state index in [4.69, 9.17) is 21.3 Å². The van der Waals surface area contributed by atoms with Gasteiger partial charge in [0.15, 0.2) is 5.94 Å². The summed E-state index contributed by atoms with van der Waals surface area (Å²) in [7, 11) is 2.53. The number of aryl methyl sites for hydroxylation is 1. The summed E-state index contributed by atoms with van der Waals surface area (Å²) < 4.78 is 23.8. The third-order valence-electron chi connectivity index (χ3n) is 7.78. The van der Waals surface area contributed by atoms with E-state index >= 15 is 0 Å². The number of halogens is 1. The zero-order valence-corrected chi connectivity index (χ0v) is 25.5. The van der Waals surface area contributed by atoms with E-state index in [-0.39, 0.29) is 22.3 Å². The first-order valence-corrected chi connectivity index (χ1v) is 15.4. The van der Waals surface area contributed by atoms with Crippen LogP contribution in [0.2, 0.25) is 5.02 Å². The van der Waals surface area contributed by atoms with Crippen LogP contribution in [0.15, 0.2) is 45.0 Å². The molecular weight excluding hydrogens is 556 g/mol. The SMILES string of the molecule is C[C@@H]1OCC2(CCN(C3=NC=C(Sc4ccc5nn(C)cc5c4Cl)C(=C=O)N3C)CC2)[C@@H]1N[S@](=O)C(C)(C)C. The number of rotatable bonds is 4. The number of carbonyl (C=O) groups excluding carboxylic acids is 1. The summed E-state index contributed by atoms with van der Waals surface area (Å²) in [6, 6.07) is 3.85. The average Bonchev–Trinajstić information content (AvgIpc) is 3.41. The Bertz CT molecular complexity index is 1420. The highest BCUT2D eigenvalue weighted by molar-refractivity contribution is 8.03. The van der Waals surface area contributed by atoms with Crippen LogP contribution in [0.1, 0.15) is 40.5 Å². The first-order chi connectivity index (χ1) is 18.4. The number of hydrogen-bond acceptors (Lipinski definition) is 8. The predicted molar refractivity (Wildman–Crippen MR) is 158 cm³/mol. The molecule has 39 heavy (non-hydrogen) atoms. The third kappa shape index (κ3) is 5.33. The Labute approximate surface area is 241 Å². The van der Waals surface area contributed by atoms with Crippen molar-refractivity contribution in [3.63, 3.8) is 0 Å². The number of aromatic nitrogens is 2. The summed E-state index contributed by atoms with van der Waals surface area (Å²) in [6.07, 6.45) is 5.34. The molecule has 2 saturated heterocycles. The van der Waals surface area contributed by atoms with Gasteiger partial charge in [-0.3, -0.25) is 4.68 Å². The fraction of sp³-hybridized carbons (Fsp3) is 0.556. The third-order valence-corrected chi connectivity index (χ3v) is 11.0. The Kier molecular flexibility index (Phi) is 7.78. The molecule has 0 bridgehead atoms. The summed E-state index contributed by atoms with van der Waals surface area (Å²) in [4.78, 5) is 22.4. The Morgan fingerprint density at radius 2 is 1.97 bits per heavy atom. The molecule has 12 heteroatoms. The fourth-order valence-electron chi connectivity index (χ4n) is 5.47. The predicted octanol–water partition coefficient (Wildman–Crippen LogP) is 4.10. The van der Waals surface area contributed by atoms with Crippen molar-refractivity contribution in [3.8, 4) is 0 Å². The zero-order chi connectivity index (χ0) is 28.1. The minimum atomic E-state index is -1.18. The summed E-state index contributed by atoms with van der Waals surface area (Å²) in [5.74, 6) is 2.84. The van der Waals surface area contributed by atoms with Crippen LogP contribution in [0, 0.1) is 5.41 Å². The van der Waals surface area contributed by atoms with Gasteiger partial charge in [0.25, 0.3) is 0 Å². The zero-order valence-electron chi connectivity index (χ0n) is 23.2. The van der Waals surface area contributed by atoms with E-state index in [0.29, 0.717) is 22.2 Å². The topological polar surface area (TPSA) is 92.1 Å². The fourth-order valence-corrected chi connectivity index (χ4v) is 7.78. The molecule has 3 aliphatic rings. The van der Waals surface area contributed by atoms with Crippen molar-refractivity contribution in [2.75, 3.05) is 26.7 Å². The van der Waals surface area contributed by atoms with Crippen LogP contribution in [0.3, 0.4) is 0 Å². The normalized spacial score (nSPS) is 24.2. The van der Waals surface area contributed by atoms with Gasteiger partial charge in [-0.1, -0.05) is 23.4 Å². The number of aliphatic imine (C=N–C) groups is 1. The quantitative estimate of drug-likeness (QED) is 0.536. The first kappa shape index (κ1) is 28.4. The number of piperidine rings is 1. The average molecular weight is 591 g/mol. The second kappa shape index (κ2) is 10.7. The maximum absolute atomic E-state index is 12.9. The molecule has 3 aliphatic heterocycles. The van der Waals surface area contributed by atoms with Gasteiger partial charge < -0.3 is 14.5 Å². The van der Waals surface area contributed by atoms with Crippen molar-refractivity contribution in [2.24, 2.45) is 17.5 Å². The largest absolute Gasteiger partial charge is 0.376 e. The van der Waals surface area contributed by atoms with Crippen LogP contribution < -0.4 is 4.72 Å². The van der Waals surface area contributed by atoms with Crippen LogP contribution >= 0.6 is 23.4 Å². The van der Waals surface area contributed by atoms with Gasteiger partial charge in [-0.2, -0.15) is 5.10 Å². The number of ether oxygens (including phenoxy) is 1. The maximum atomic E-state index is 12.9. The molecule has 1 N–H and O–H groups in total. The van der Waals surface area contributed by atoms with Crippen LogP contribution in [0.4, 0.5) is 0 Å². The van der Waals surface area contributed by atoms with Gasteiger partial charge in [0.1, 0.15) is 5.70 Å². The number of nitrogens with one attached hydrogen (secondary N) is 1. The minimum Gasteiger partial charge on any atom is -0.376 e. The molecule has 0 radical (unpaired) electrons. The molecule has 2 aromatic rings. The van der Waals surface area contributed by atoms with Crippen molar-refractivity contribution in [1.29, 1.82) is 0 Å². The van der Waals surface area contributed by atoms with Crippen LogP contribution in [0.5, 0.6) is 0 Å². The second-order valence-electron chi connectivity index (χ2n) is 11.5. The molecule has 0 saturated carbocycles. The van der Waals surface area contributed by atoms with Gasteiger partial charge in [0.05, 0.1) is 49.9 Å². The highest BCUT2D eigenvalue weighted by atomic mass is 35.5. The second-order valence-corrected chi connectivity index (χ2v) is 14.9. The Morgan fingerprint density at radius 3 is 2.64 bits per heavy atom. The van der Waals surface area contributed by atoms with E-state index in [9.17, 15) is 9.00 Å². The molecule has 5 rings (SSSR count). The molecule has 0 amide bonds. The number of nitrogens with zero attached hydrogens (tertiary/aromatic N) is 5. The molecule has 0 aliphatic carbocycles. The Morgan fingerprint density at radius 1 is 1.26 bits per heavy atom. The summed E-state index contributed by atoms with van der Waals surface area (Å²) >= 11 is 8.08. The number of fused-ring (bicyclic) bond motifs is 1. The first-order valence-electron chi connectivity index (χ1n) is 13.0. The number of guanidine groups is 1. The van der Waals surface area contributed by atoms with Crippen LogP contribution in [-0.2, 0) is 27.6 Å². The molecule has 0 unspecified atom stereocenters. The minimum absolute atomic E-state index is 0.0117. The van der Waals surface area contributed by atoms with E-state index in [1.807, 2.05) is 58.1 Å². The highest BCUT2D eigenvalue weighted by Crippen LogP contribution is 2.44. The Balaban J connectivity index is 1.33. The highest BCUT2D eigenvalue weighted by Gasteiger charge is 2.51. The molecule has 2 fully saturated rings. The van der Waals surface area contributed by atoms with Gasteiger partial charge in [-0.15, -0.1) is 0 Å². The summed E-state index contributed by atoms with van der Waals surface area (Å²) in [5.41, 5.74) is 1.15. The number of likely N-dealkylation sites (N-methyl/N-ethyl adjacent to an activating group) is 1. The van der Waals surface area contributed by atoms with E-state index in [1.165, 1.54) is 11.8 Å². The molecule has 210 valence electrons. The number of benzene rings is 1. The summed E-state index contributed by atoms with van der Waals surface area (Å²) in [6.45, 7) is 10.1. The van der Waals surface area contributed by atoms with Crippen LogP contribution in [-0.4, -0.2) is 79.3 Å². The number of thioether (sulfide) groups is 1. The van der Waals surface area contributed by atoms with E-state index in [2.05, 4.69) is 27.6 Å². The molecule has 1 aromatic carbocycles. The Hall–Kier alpha value is -2.14. The van der Waals surface area contributed by atoms with Gasteiger partial charge >= 0.3 is 0 Å². The van der Waals surface area contributed by atoms with Crippen molar-refractivity contribution in [3.05, 3.63) is 40.2 Å². The lowest BCUT2D eigenvalue weighted by atomic mass is 9.73. The van der Waals surface area contributed by atoms with Gasteiger partial charge in [-0.05, 0) is 52.7 Å². The lowest BCUT2D eigenvalue weighted by Gasteiger charge is -2.45. The van der Waals surface area contributed by atoms with Crippen molar-refractivity contribution < 1.29 is 13.7 Å². The smallest absolute Gasteiger partial charge is 0.206 e. The standard InChI is InChI=1S/C27H35ClN6O3S2/c1-17-24(31-39(36)26(2,3)4)27(16-37-17)9-11-34(12-10-27)25-29-13-22(20(15-35)33(25)6)38-21-8-7-19-18(23(21)28)14-32(5)30-19/h7-8,13-14,17,24,31H,9-12,16H2,1-6H3/t17-,24+,39+/m0/s1. The molecule has 1 aromatic heterocycles. The van der Waals surface area contributed by atoms with Gasteiger partial charge in [0.2, 0.25) is 5.96 Å². The monoisotopic (exact) mass is 590 g/mol. The molecule has 3 atom stereocenters. The van der Waals surface area contributed by atoms with Crippen molar-refractivity contribution in [2.45, 2.75) is 62.3 Å². The maximum Gasteiger partial charge on any atom is 0.206 e. The van der Waals surface area contributed by atoms with Gasteiger partial charge in [-0.25, -0.2) is 18.7 Å². The van der Waals surface area contributed by atoms with E-state index in [0.717, 1.165) is 47.7 Å². The number of likely N-dealkylation sites (tertiary alicyclic amines) is 1. The van der Waals surface area contributed by atoms with E-state index in [1.54, 1.807) is 10.9 Å². The lowest BCUT2D eigenvalue weighted by molar-refractivity contribution is 0.0820. The molecule has 4 heterocycles. The van der Waals surface area contributed by atoms with Crippen LogP contribution in [0.25, 0.3) is 10.9 Å². The lowest BCUT2D eigenvalue weighted by Crippen LogP contribution is -2.56. The van der Waals surface area contributed by atoms with E-state index < -0.39 is 11.0 Å². The molecular formula is C27H35ClN6O3S2. The molecule has 9 nitrogen and oxygen atoms in total. The summed E-state index contributed by atoms with van der Waals surface area (Å²) in [5, 5.41) is 5.86. The molecule has 1 spiro atoms. The van der Waals surface area contributed by atoms with Gasteiger partial charge in [0, 0.05) is 55.3 Å². The van der Waals surface area contributed by atoms with Crippen molar-refractivity contribution >= 4 is 57.2 Å². The van der Waals surface area contributed by atoms with Crippen molar-refractivity contribution in [1.82, 2.24) is 24.3 Å². The number of hydrogen-bond donors (Lipinski definition) is 1.